The molecule has 0 aliphatic heterocycles. The van der Waals surface area contributed by atoms with Gasteiger partial charge in [-0.3, -0.25) is 0 Å². The molecule has 56 heavy (non-hydrogen) atoms. The van der Waals surface area contributed by atoms with Crippen LogP contribution in [0.5, 0.6) is 5.75 Å². The summed E-state index contributed by atoms with van der Waals surface area (Å²) in [5.41, 5.74) is 13.0. The lowest BCUT2D eigenvalue weighted by molar-refractivity contribution is 0.415. The highest BCUT2D eigenvalue weighted by Crippen LogP contribution is 2.44. The molecule has 11 rings (SSSR count). The van der Waals surface area contributed by atoms with Gasteiger partial charge in [-0.2, -0.15) is 0 Å². The highest BCUT2D eigenvalue weighted by molar-refractivity contribution is 6.32. The Kier molecular flexibility index (Phi) is 7.39. The molecule has 0 amide bonds. The van der Waals surface area contributed by atoms with Crippen molar-refractivity contribution in [3.05, 3.63) is 200 Å². The third kappa shape index (κ3) is 5.13. The first-order chi connectivity index (χ1) is 27.7. The molecular weight excluding hydrogens is 681 g/mol. The molecule has 9 aromatic carbocycles. The van der Waals surface area contributed by atoms with E-state index >= 15 is 0 Å². The summed E-state index contributed by atoms with van der Waals surface area (Å²) >= 11 is 0. The Bertz CT molecular complexity index is 3210. The molecule has 0 aliphatic rings. The largest absolute Gasteiger partial charge is 0.497 e. The minimum Gasteiger partial charge on any atom is -0.497 e. The van der Waals surface area contributed by atoms with Crippen LogP contribution in [0.25, 0.3) is 99.0 Å². The van der Waals surface area contributed by atoms with E-state index < -0.39 is 0 Å². The highest BCUT2D eigenvalue weighted by Gasteiger charge is 2.21. The zero-order chi connectivity index (χ0) is 37.2. The van der Waals surface area contributed by atoms with E-state index in [-0.39, 0.29) is 0 Å². The summed E-state index contributed by atoms with van der Waals surface area (Å²) < 4.78 is 10.2. The van der Waals surface area contributed by atoms with Crippen LogP contribution in [0.4, 0.5) is 0 Å². The van der Waals surface area contributed by atoms with E-state index in [0.29, 0.717) is 0 Å². The quantitative estimate of drug-likeness (QED) is 0.157. The van der Waals surface area contributed by atoms with Crippen molar-refractivity contribution in [3.8, 4) is 50.5 Å². The van der Waals surface area contributed by atoms with Gasteiger partial charge >= 0.3 is 0 Å². The molecule has 264 valence electrons. The third-order valence-electron chi connectivity index (χ3n) is 11.4. The number of hydrogen-bond donors (Lipinski definition) is 0. The zero-order valence-corrected chi connectivity index (χ0v) is 30.9. The van der Waals surface area contributed by atoms with E-state index in [1.165, 1.54) is 87.6 Å². The summed E-state index contributed by atoms with van der Waals surface area (Å²) in [5.74, 6) is 0.852. The van der Waals surface area contributed by atoms with E-state index in [0.717, 1.165) is 17.1 Å². The molecule has 0 saturated heterocycles. The molecule has 0 bridgehead atoms. The standard InChI is InChI=1S/C53H36N2O/c1-56-44-24-22-42(23-25-44)54-29-28-39-30-37(20-26-50(39)54)38-21-27-51-49(34-38)52-47-18-10-8-16-45(47)46-17-9-11-19-48(46)53(52)55(51)43-32-40(35-12-4-2-5-13-35)31-41(33-43)36-14-6-3-7-15-36/h2-34H,1H3. The van der Waals surface area contributed by atoms with Crippen LogP contribution in [-0.2, 0) is 0 Å². The summed E-state index contributed by atoms with van der Waals surface area (Å²) in [4.78, 5) is 0. The molecule has 2 heterocycles. The van der Waals surface area contributed by atoms with Crippen molar-refractivity contribution in [1.82, 2.24) is 9.13 Å². The van der Waals surface area contributed by atoms with Crippen LogP contribution in [0.3, 0.4) is 0 Å². The van der Waals surface area contributed by atoms with Crippen LogP contribution in [0.1, 0.15) is 0 Å². The van der Waals surface area contributed by atoms with Gasteiger partial charge < -0.3 is 13.9 Å². The molecule has 3 heteroatoms. The Hall–Kier alpha value is -7.36. The molecule has 0 atom stereocenters. The lowest BCUT2D eigenvalue weighted by atomic mass is 9.95. The Balaban J connectivity index is 1.18. The third-order valence-corrected chi connectivity index (χ3v) is 11.4. The Morgan fingerprint density at radius 1 is 0.375 bits per heavy atom. The van der Waals surface area contributed by atoms with Crippen molar-refractivity contribution in [2.45, 2.75) is 0 Å². The summed E-state index contributed by atoms with van der Waals surface area (Å²) in [6.45, 7) is 0. The maximum absolute atomic E-state index is 5.40. The first kappa shape index (κ1) is 32.1. The highest BCUT2D eigenvalue weighted by atomic mass is 16.5. The van der Waals surface area contributed by atoms with E-state index in [1.54, 1.807) is 7.11 Å². The smallest absolute Gasteiger partial charge is 0.119 e. The first-order valence-electron chi connectivity index (χ1n) is 19.1. The number of aromatic nitrogens is 2. The molecule has 11 aromatic rings. The number of methoxy groups -OCH3 is 1. The monoisotopic (exact) mass is 716 g/mol. The zero-order valence-electron chi connectivity index (χ0n) is 30.9. The number of rotatable bonds is 6. The second-order valence-corrected chi connectivity index (χ2v) is 14.5. The van der Waals surface area contributed by atoms with E-state index in [2.05, 4.69) is 197 Å². The number of nitrogens with zero attached hydrogens (tertiary/aromatic N) is 2. The Morgan fingerprint density at radius 2 is 0.946 bits per heavy atom. The van der Waals surface area contributed by atoms with Gasteiger partial charge in [-0.05, 0) is 122 Å². The summed E-state index contributed by atoms with van der Waals surface area (Å²) in [5, 5.41) is 8.74. The van der Waals surface area contributed by atoms with Gasteiger partial charge in [0.15, 0.2) is 0 Å². The van der Waals surface area contributed by atoms with Crippen LogP contribution < -0.4 is 4.74 Å². The number of hydrogen-bond acceptors (Lipinski definition) is 1. The molecule has 0 fully saturated rings. The first-order valence-corrected chi connectivity index (χ1v) is 19.1. The molecular formula is C53H36N2O. The van der Waals surface area contributed by atoms with Crippen molar-refractivity contribution in [2.24, 2.45) is 0 Å². The van der Waals surface area contributed by atoms with Crippen molar-refractivity contribution in [2.75, 3.05) is 7.11 Å². The van der Waals surface area contributed by atoms with Crippen LogP contribution >= 0.6 is 0 Å². The average molecular weight is 717 g/mol. The van der Waals surface area contributed by atoms with Gasteiger partial charge in [0, 0.05) is 39.1 Å². The molecule has 0 aliphatic carbocycles. The SMILES string of the molecule is COc1ccc(-n2ccc3cc(-c4ccc5c(c4)c4c6ccccc6c6ccccc6c4n5-c4cc(-c5ccccc5)cc(-c5ccccc5)c4)ccc32)cc1. The van der Waals surface area contributed by atoms with Crippen LogP contribution in [-0.4, -0.2) is 16.2 Å². The van der Waals surface area contributed by atoms with Gasteiger partial charge in [0.25, 0.3) is 0 Å². The summed E-state index contributed by atoms with van der Waals surface area (Å²) in [6, 6.07) is 70.6. The van der Waals surface area contributed by atoms with Gasteiger partial charge in [-0.25, -0.2) is 0 Å². The second kappa shape index (κ2) is 12.9. The fourth-order valence-electron chi connectivity index (χ4n) is 8.75. The Morgan fingerprint density at radius 3 is 1.61 bits per heavy atom. The summed E-state index contributed by atoms with van der Waals surface area (Å²) in [6.07, 6.45) is 2.15. The van der Waals surface area contributed by atoms with Gasteiger partial charge in [0.1, 0.15) is 5.75 Å². The van der Waals surface area contributed by atoms with Gasteiger partial charge in [-0.1, -0.05) is 121 Å². The van der Waals surface area contributed by atoms with Crippen LogP contribution in [0, 0.1) is 0 Å². The Labute approximate surface area is 324 Å². The number of benzene rings is 9. The van der Waals surface area contributed by atoms with E-state index in [4.69, 9.17) is 4.74 Å². The number of ether oxygens (including phenoxy) is 1. The molecule has 2 aromatic heterocycles. The topological polar surface area (TPSA) is 19.1 Å². The fourth-order valence-corrected chi connectivity index (χ4v) is 8.75. The lowest BCUT2D eigenvalue weighted by Gasteiger charge is -2.15. The second-order valence-electron chi connectivity index (χ2n) is 14.5. The van der Waals surface area contributed by atoms with Crippen molar-refractivity contribution in [1.29, 1.82) is 0 Å². The minimum absolute atomic E-state index is 0.852. The summed E-state index contributed by atoms with van der Waals surface area (Å²) in [7, 11) is 1.70. The fraction of sp³-hybridized carbons (Fsp3) is 0.0189. The average Bonchev–Trinajstić information content (AvgIpc) is 3.86. The van der Waals surface area contributed by atoms with Gasteiger partial charge in [0.05, 0.1) is 23.7 Å². The molecule has 0 saturated carbocycles. The van der Waals surface area contributed by atoms with Crippen molar-refractivity contribution >= 4 is 54.3 Å². The van der Waals surface area contributed by atoms with Gasteiger partial charge in [-0.15, -0.1) is 0 Å². The van der Waals surface area contributed by atoms with Gasteiger partial charge in [0.2, 0.25) is 0 Å². The van der Waals surface area contributed by atoms with Crippen molar-refractivity contribution < 1.29 is 4.74 Å². The van der Waals surface area contributed by atoms with Crippen LogP contribution in [0.15, 0.2) is 200 Å². The van der Waals surface area contributed by atoms with Crippen LogP contribution in [0.2, 0.25) is 0 Å². The minimum atomic E-state index is 0.852. The molecule has 0 unspecified atom stereocenters. The van der Waals surface area contributed by atoms with E-state index in [9.17, 15) is 0 Å². The van der Waals surface area contributed by atoms with E-state index in [1.807, 2.05) is 12.1 Å². The predicted octanol–water partition coefficient (Wildman–Crippen LogP) is 14.0. The molecule has 3 nitrogen and oxygen atoms in total. The maximum Gasteiger partial charge on any atom is 0.119 e. The predicted molar refractivity (Wildman–Crippen MR) is 235 cm³/mol. The lowest BCUT2D eigenvalue weighted by Crippen LogP contribution is -1.97. The number of fused-ring (bicyclic) bond motifs is 9. The normalized spacial score (nSPS) is 11.7. The van der Waals surface area contributed by atoms with Crippen molar-refractivity contribution in [3.63, 3.8) is 0 Å². The maximum atomic E-state index is 5.40. The molecule has 0 radical (unpaired) electrons. The molecule has 0 N–H and O–H groups in total. The molecule has 0 spiro atoms.